The summed E-state index contributed by atoms with van der Waals surface area (Å²) < 4.78 is 0.654. The zero-order valence-corrected chi connectivity index (χ0v) is 8.04. The molecule has 0 aliphatic carbocycles. The molecule has 4 nitrogen and oxygen atoms in total. The zero-order chi connectivity index (χ0) is 9.84. The van der Waals surface area contributed by atoms with Gasteiger partial charge in [-0.25, -0.2) is 4.79 Å². The summed E-state index contributed by atoms with van der Waals surface area (Å²) in [6, 6.07) is 4.59. The molecule has 1 aromatic carbocycles. The third-order valence-electron chi connectivity index (χ3n) is 1.43. The van der Waals surface area contributed by atoms with E-state index in [1.54, 1.807) is 6.07 Å². The normalized spacial score (nSPS) is 9.31. The van der Waals surface area contributed by atoms with Crippen molar-refractivity contribution in [1.29, 1.82) is 0 Å². The summed E-state index contributed by atoms with van der Waals surface area (Å²) in [5.41, 5.74) is 0.340. The predicted octanol–water partition coefficient (Wildman–Crippen LogP) is 1.72. The Morgan fingerprint density at radius 2 is 2.23 bits per heavy atom. The minimum Gasteiger partial charge on any atom is -0.478 e. The first-order valence-corrected chi connectivity index (χ1v) is 4.17. The Morgan fingerprint density at radius 3 is 2.77 bits per heavy atom. The number of carbonyl (C=O) groups excluding carboxylic acids is 1. The van der Waals surface area contributed by atoms with Crippen molar-refractivity contribution in [3.8, 4) is 0 Å². The highest BCUT2D eigenvalue weighted by Crippen LogP contribution is 2.20. The van der Waals surface area contributed by atoms with Crippen LogP contribution in [0.15, 0.2) is 22.7 Å². The van der Waals surface area contributed by atoms with Crippen LogP contribution in [0.4, 0.5) is 5.69 Å². The van der Waals surface area contributed by atoms with E-state index in [-0.39, 0.29) is 11.3 Å². The van der Waals surface area contributed by atoms with Gasteiger partial charge in [-0.2, -0.15) is 0 Å². The molecule has 13 heavy (non-hydrogen) atoms. The quantitative estimate of drug-likeness (QED) is 0.795. The fourth-order valence-corrected chi connectivity index (χ4v) is 1.24. The third-order valence-corrected chi connectivity index (χ3v) is 1.92. The highest BCUT2D eigenvalue weighted by Gasteiger charge is 2.09. The molecule has 0 fully saturated rings. The van der Waals surface area contributed by atoms with Gasteiger partial charge in [-0.15, -0.1) is 0 Å². The number of carbonyl (C=O) groups is 2. The number of carboxylic acids is 1. The molecule has 5 heteroatoms. The predicted molar refractivity (Wildman–Crippen MR) is 50.8 cm³/mol. The van der Waals surface area contributed by atoms with E-state index in [0.29, 0.717) is 10.9 Å². The molecule has 0 spiro atoms. The average molecular weight is 244 g/mol. The minimum atomic E-state index is -1.08. The Hall–Kier alpha value is -1.36. The fourth-order valence-electron chi connectivity index (χ4n) is 0.883. The first kappa shape index (κ1) is 9.73. The molecule has 68 valence electrons. The van der Waals surface area contributed by atoms with Gasteiger partial charge in [0.2, 0.25) is 6.41 Å². The highest BCUT2D eigenvalue weighted by atomic mass is 79.9. The lowest BCUT2D eigenvalue weighted by Crippen LogP contribution is -2.04. The molecule has 1 amide bonds. The van der Waals surface area contributed by atoms with Crippen molar-refractivity contribution in [3.63, 3.8) is 0 Å². The third kappa shape index (κ3) is 2.29. The monoisotopic (exact) mass is 243 g/mol. The lowest BCUT2D eigenvalue weighted by atomic mass is 10.2. The fraction of sp³-hybridized carbons (Fsp3) is 0. The van der Waals surface area contributed by atoms with Gasteiger partial charge in [0.25, 0.3) is 0 Å². The van der Waals surface area contributed by atoms with E-state index in [9.17, 15) is 9.59 Å². The van der Waals surface area contributed by atoms with Crippen LogP contribution in [0.2, 0.25) is 0 Å². The van der Waals surface area contributed by atoms with Gasteiger partial charge >= 0.3 is 5.97 Å². The molecule has 0 saturated heterocycles. The molecule has 0 aliphatic heterocycles. The van der Waals surface area contributed by atoms with Crippen LogP contribution in [0.5, 0.6) is 0 Å². The van der Waals surface area contributed by atoms with Crippen molar-refractivity contribution in [3.05, 3.63) is 28.2 Å². The van der Waals surface area contributed by atoms with Crippen LogP contribution < -0.4 is 5.32 Å². The Bertz CT molecular complexity index is 351. The topological polar surface area (TPSA) is 66.4 Å². The molecule has 0 bridgehead atoms. The maximum absolute atomic E-state index is 10.7. The minimum absolute atomic E-state index is 0.0569. The highest BCUT2D eigenvalue weighted by molar-refractivity contribution is 9.10. The summed E-state index contributed by atoms with van der Waals surface area (Å²) in [6.07, 6.45) is 0.440. The number of benzene rings is 1. The smallest absolute Gasteiger partial charge is 0.337 e. The maximum Gasteiger partial charge on any atom is 0.337 e. The van der Waals surface area contributed by atoms with Crippen LogP contribution in [0.3, 0.4) is 0 Å². The number of aromatic carboxylic acids is 1. The first-order valence-electron chi connectivity index (χ1n) is 3.38. The van der Waals surface area contributed by atoms with Gasteiger partial charge in [-0.05, 0) is 18.2 Å². The van der Waals surface area contributed by atoms with Gasteiger partial charge in [-0.1, -0.05) is 15.9 Å². The Kier molecular flexibility index (Phi) is 3.02. The van der Waals surface area contributed by atoms with Crippen molar-refractivity contribution in [2.45, 2.75) is 0 Å². The number of anilines is 1. The molecular weight excluding hydrogens is 238 g/mol. The van der Waals surface area contributed by atoms with Gasteiger partial charge in [0, 0.05) is 4.47 Å². The average Bonchev–Trinajstić information content (AvgIpc) is 2.08. The molecular formula is C8H6BrNO3. The molecule has 0 aliphatic rings. The van der Waals surface area contributed by atoms with E-state index in [0.717, 1.165) is 0 Å². The van der Waals surface area contributed by atoms with Crippen molar-refractivity contribution >= 4 is 34.0 Å². The SMILES string of the molecule is O=CNc1ccc(Br)cc1C(=O)O. The molecule has 0 saturated carbocycles. The van der Waals surface area contributed by atoms with Gasteiger partial charge in [0.1, 0.15) is 0 Å². The standard InChI is InChI=1S/C8H6BrNO3/c9-5-1-2-7(10-4-11)6(3-5)8(12)13/h1-4H,(H,10,11)(H,12,13). The lowest BCUT2D eigenvalue weighted by molar-refractivity contribution is -0.105. The maximum atomic E-state index is 10.7. The summed E-state index contributed by atoms with van der Waals surface area (Å²) in [6.45, 7) is 0. The number of rotatable bonds is 3. The second-order valence-corrected chi connectivity index (χ2v) is 3.17. The van der Waals surface area contributed by atoms with E-state index in [4.69, 9.17) is 5.11 Å². The van der Waals surface area contributed by atoms with Crippen LogP contribution in [0, 0.1) is 0 Å². The largest absolute Gasteiger partial charge is 0.478 e. The first-order chi connectivity index (χ1) is 6.15. The molecule has 0 aromatic heterocycles. The molecule has 1 aromatic rings. The second-order valence-electron chi connectivity index (χ2n) is 2.26. The number of amides is 1. The number of carboxylic acid groups (broad SMARTS) is 1. The van der Waals surface area contributed by atoms with Gasteiger partial charge < -0.3 is 10.4 Å². The van der Waals surface area contributed by atoms with Gasteiger partial charge in [0.15, 0.2) is 0 Å². The van der Waals surface area contributed by atoms with Gasteiger partial charge in [-0.3, -0.25) is 4.79 Å². The van der Waals surface area contributed by atoms with E-state index in [2.05, 4.69) is 21.2 Å². The van der Waals surface area contributed by atoms with E-state index < -0.39 is 5.97 Å². The van der Waals surface area contributed by atoms with Crippen molar-refractivity contribution in [2.75, 3.05) is 5.32 Å². The molecule has 0 radical (unpaired) electrons. The summed E-state index contributed by atoms with van der Waals surface area (Å²) in [5.74, 6) is -1.08. The lowest BCUT2D eigenvalue weighted by Gasteiger charge is -2.03. The number of halogens is 1. The molecule has 1 rings (SSSR count). The van der Waals surface area contributed by atoms with E-state index in [1.807, 2.05) is 0 Å². The Balaban J connectivity index is 3.17. The van der Waals surface area contributed by atoms with Crippen molar-refractivity contribution < 1.29 is 14.7 Å². The van der Waals surface area contributed by atoms with Crippen LogP contribution in [0.1, 0.15) is 10.4 Å². The Morgan fingerprint density at radius 1 is 1.54 bits per heavy atom. The summed E-state index contributed by atoms with van der Waals surface area (Å²) in [5, 5.41) is 11.0. The molecule has 0 atom stereocenters. The van der Waals surface area contributed by atoms with Crippen LogP contribution in [-0.2, 0) is 4.79 Å². The second kappa shape index (κ2) is 4.04. The Labute approximate surface area is 82.7 Å². The van der Waals surface area contributed by atoms with Crippen LogP contribution in [0.25, 0.3) is 0 Å². The summed E-state index contributed by atoms with van der Waals surface area (Å²) in [7, 11) is 0. The number of nitrogens with one attached hydrogen (secondary N) is 1. The summed E-state index contributed by atoms with van der Waals surface area (Å²) >= 11 is 3.14. The summed E-state index contributed by atoms with van der Waals surface area (Å²) in [4.78, 5) is 20.8. The number of hydrogen-bond acceptors (Lipinski definition) is 2. The number of hydrogen-bond donors (Lipinski definition) is 2. The molecule has 0 heterocycles. The van der Waals surface area contributed by atoms with E-state index >= 15 is 0 Å². The van der Waals surface area contributed by atoms with Crippen LogP contribution >= 0.6 is 15.9 Å². The zero-order valence-electron chi connectivity index (χ0n) is 6.45. The van der Waals surface area contributed by atoms with Crippen LogP contribution in [-0.4, -0.2) is 17.5 Å². The van der Waals surface area contributed by atoms with Crippen molar-refractivity contribution in [2.24, 2.45) is 0 Å². The van der Waals surface area contributed by atoms with Gasteiger partial charge in [0.05, 0.1) is 11.3 Å². The molecule has 2 N–H and O–H groups in total. The van der Waals surface area contributed by atoms with E-state index in [1.165, 1.54) is 12.1 Å². The van der Waals surface area contributed by atoms with Crippen molar-refractivity contribution in [1.82, 2.24) is 0 Å². The molecule has 0 unspecified atom stereocenters.